The summed E-state index contributed by atoms with van der Waals surface area (Å²) in [6.07, 6.45) is -4.55. The van der Waals surface area contributed by atoms with Gasteiger partial charge in [-0.05, 0) is 42.5 Å². The van der Waals surface area contributed by atoms with Gasteiger partial charge in [-0.15, -0.1) is 11.8 Å². The molecule has 0 atom stereocenters. The van der Waals surface area contributed by atoms with Crippen LogP contribution in [0.15, 0.2) is 83.7 Å². The molecule has 0 aliphatic carbocycles. The van der Waals surface area contributed by atoms with E-state index in [2.05, 4.69) is 10.3 Å². The molecule has 1 amide bonds. The lowest BCUT2D eigenvalue weighted by Gasteiger charge is -2.15. The number of hydrogen-bond acceptors (Lipinski definition) is 4. The van der Waals surface area contributed by atoms with Crippen molar-refractivity contribution in [1.82, 2.24) is 9.55 Å². The number of amides is 1. The van der Waals surface area contributed by atoms with Crippen molar-refractivity contribution in [3.05, 3.63) is 101 Å². The smallest absolute Gasteiger partial charge is 0.325 e. The van der Waals surface area contributed by atoms with Crippen LogP contribution >= 0.6 is 11.8 Å². The van der Waals surface area contributed by atoms with Gasteiger partial charge in [-0.2, -0.15) is 13.2 Å². The van der Waals surface area contributed by atoms with E-state index in [1.165, 1.54) is 28.5 Å². The van der Waals surface area contributed by atoms with E-state index < -0.39 is 17.3 Å². The SMILES string of the molecule is O=C(CSCc1nc2ccccc2c(=O)n1-c1cccc(C(F)(F)F)c1)Nc1ccccc1. The first-order chi connectivity index (χ1) is 15.8. The van der Waals surface area contributed by atoms with Gasteiger partial charge in [-0.3, -0.25) is 14.2 Å². The van der Waals surface area contributed by atoms with Crippen molar-refractivity contribution < 1.29 is 18.0 Å². The standard InChI is InChI=1S/C24H18F3N3O2S/c25-24(26,27)16-7-6-10-18(13-16)30-21(29-20-12-5-4-11-19(20)23(30)32)14-33-15-22(31)28-17-8-2-1-3-9-17/h1-13H,14-15H2,(H,28,31). The first-order valence-electron chi connectivity index (χ1n) is 9.94. The maximum absolute atomic E-state index is 13.3. The Morgan fingerprint density at radius 1 is 0.970 bits per heavy atom. The number of carbonyl (C=O) groups excluding carboxylic acids is 1. The molecule has 9 heteroatoms. The minimum absolute atomic E-state index is 0.0671. The lowest BCUT2D eigenvalue weighted by Crippen LogP contribution is -2.24. The van der Waals surface area contributed by atoms with Crippen LogP contribution in [0.4, 0.5) is 18.9 Å². The summed E-state index contributed by atoms with van der Waals surface area (Å²) in [6.45, 7) is 0. The number of alkyl halides is 3. The zero-order chi connectivity index (χ0) is 23.4. The molecule has 168 valence electrons. The summed E-state index contributed by atoms with van der Waals surface area (Å²) in [5.74, 6) is 0.258. The van der Waals surface area contributed by atoms with E-state index in [-0.39, 0.29) is 28.9 Å². The number of thioether (sulfide) groups is 1. The summed E-state index contributed by atoms with van der Waals surface area (Å²) < 4.78 is 40.9. The maximum atomic E-state index is 13.3. The number of fused-ring (bicyclic) bond motifs is 1. The topological polar surface area (TPSA) is 64.0 Å². The molecule has 1 heterocycles. The molecule has 0 saturated carbocycles. The summed E-state index contributed by atoms with van der Waals surface area (Å²) in [7, 11) is 0. The average molecular weight is 469 g/mol. The summed E-state index contributed by atoms with van der Waals surface area (Å²) in [5, 5.41) is 3.06. The third kappa shape index (κ3) is 5.25. The van der Waals surface area contributed by atoms with Gasteiger partial charge in [0.15, 0.2) is 0 Å². The molecule has 5 nitrogen and oxygen atoms in total. The quantitative estimate of drug-likeness (QED) is 0.418. The Kier molecular flexibility index (Phi) is 6.50. The monoisotopic (exact) mass is 469 g/mol. The molecule has 0 bridgehead atoms. The molecule has 0 spiro atoms. The highest BCUT2D eigenvalue weighted by Crippen LogP contribution is 2.30. The fourth-order valence-electron chi connectivity index (χ4n) is 3.32. The zero-order valence-electron chi connectivity index (χ0n) is 17.2. The van der Waals surface area contributed by atoms with Crippen molar-refractivity contribution in [3.63, 3.8) is 0 Å². The number of anilines is 1. The molecule has 0 aliphatic rings. The molecule has 0 saturated heterocycles. The fraction of sp³-hybridized carbons (Fsp3) is 0.125. The lowest BCUT2D eigenvalue weighted by atomic mass is 10.2. The molecule has 4 rings (SSSR count). The highest BCUT2D eigenvalue weighted by molar-refractivity contribution is 7.99. The van der Waals surface area contributed by atoms with Crippen molar-refractivity contribution in [2.75, 3.05) is 11.1 Å². The second kappa shape index (κ2) is 9.50. The van der Waals surface area contributed by atoms with E-state index in [0.717, 1.165) is 12.1 Å². The predicted octanol–water partition coefficient (Wildman–Crippen LogP) is 5.28. The number of rotatable bonds is 6. The molecular formula is C24H18F3N3O2S. The van der Waals surface area contributed by atoms with Crippen molar-refractivity contribution in [3.8, 4) is 5.69 Å². The number of nitrogens with zero attached hydrogens (tertiary/aromatic N) is 2. The van der Waals surface area contributed by atoms with Crippen molar-refractivity contribution in [2.45, 2.75) is 11.9 Å². The van der Waals surface area contributed by atoms with Crippen LogP contribution < -0.4 is 10.9 Å². The number of halogens is 3. The van der Waals surface area contributed by atoms with Gasteiger partial charge < -0.3 is 5.32 Å². The Labute approximate surface area is 191 Å². The highest BCUT2D eigenvalue weighted by atomic mass is 32.2. The number of carbonyl (C=O) groups is 1. The van der Waals surface area contributed by atoms with Gasteiger partial charge in [0.25, 0.3) is 5.56 Å². The predicted molar refractivity (Wildman–Crippen MR) is 124 cm³/mol. The van der Waals surface area contributed by atoms with Crippen LogP contribution in [-0.2, 0) is 16.7 Å². The molecule has 0 fully saturated rings. The number of hydrogen-bond donors (Lipinski definition) is 1. The highest BCUT2D eigenvalue weighted by Gasteiger charge is 2.30. The molecule has 0 aliphatic heterocycles. The third-order valence-corrected chi connectivity index (χ3v) is 5.73. The molecule has 0 radical (unpaired) electrons. The molecule has 0 unspecified atom stereocenters. The zero-order valence-corrected chi connectivity index (χ0v) is 18.0. The number of nitrogens with one attached hydrogen (secondary N) is 1. The minimum Gasteiger partial charge on any atom is -0.325 e. The van der Waals surface area contributed by atoms with Crippen LogP contribution in [0.3, 0.4) is 0 Å². The van der Waals surface area contributed by atoms with E-state index in [0.29, 0.717) is 16.6 Å². The summed E-state index contributed by atoms with van der Waals surface area (Å²) in [4.78, 5) is 30.0. The minimum atomic E-state index is -4.55. The number of benzene rings is 3. The van der Waals surface area contributed by atoms with Gasteiger partial charge in [-0.25, -0.2) is 4.98 Å². The second-order valence-electron chi connectivity index (χ2n) is 7.14. The third-order valence-electron chi connectivity index (χ3n) is 4.80. The normalized spacial score (nSPS) is 11.5. The molecule has 4 aromatic rings. The molecule has 3 aromatic carbocycles. The maximum Gasteiger partial charge on any atom is 0.416 e. The van der Waals surface area contributed by atoms with Gasteiger partial charge in [0.2, 0.25) is 5.91 Å². The van der Waals surface area contributed by atoms with E-state index in [9.17, 15) is 22.8 Å². The number of para-hydroxylation sites is 2. The first kappa shape index (κ1) is 22.6. The Hall–Kier alpha value is -3.59. The van der Waals surface area contributed by atoms with E-state index in [1.807, 2.05) is 6.07 Å². The molecule has 33 heavy (non-hydrogen) atoms. The molecule has 1 aromatic heterocycles. The van der Waals surface area contributed by atoms with Crippen LogP contribution in [0.5, 0.6) is 0 Å². The van der Waals surface area contributed by atoms with Gasteiger partial charge in [0, 0.05) is 5.69 Å². The van der Waals surface area contributed by atoms with E-state index >= 15 is 0 Å². The van der Waals surface area contributed by atoms with Crippen LogP contribution in [0, 0.1) is 0 Å². The van der Waals surface area contributed by atoms with Gasteiger partial charge in [0.05, 0.1) is 33.7 Å². The van der Waals surface area contributed by atoms with Crippen molar-refractivity contribution in [1.29, 1.82) is 0 Å². The second-order valence-corrected chi connectivity index (χ2v) is 8.13. The largest absolute Gasteiger partial charge is 0.416 e. The molecular weight excluding hydrogens is 451 g/mol. The van der Waals surface area contributed by atoms with Crippen LogP contribution in [0.1, 0.15) is 11.4 Å². The van der Waals surface area contributed by atoms with Crippen molar-refractivity contribution in [2.24, 2.45) is 0 Å². The number of aromatic nitrogens is 2. The first-order valence-corrected chi connectivity index (χ1v) is 11.1. The van der Waals surface area contributed by atoms with E-state index in [1.54, 1.807) is 48.5 Å². The van der Waals surface area contributed by atoms with Crippen LogP contribution in [0.2, 0.25) is 0 Å². The fourth-order valence-corrected chi connectivity index (χ4v) is 4.05. The average Bonchev–Trinajstić information content (AvgIpc) is 2.79. The molecule has 1 N–H and O–H groups in total. The lowest BCUT2D eigenvalue weighted by molar-refractivity contribution is -0.137. The Morgan fingerprint density at radius 2 is 1.70 bits per heavy atom. The Bertz CT molecular complexity index is 1350. The Morgan fingerprint density at radius 3 is 2.45 bits per heavy atom. The summed E-state index contributed by atoms with van der Waals surface area (Å²) in [6, 6.07) is 20.2. The van der Waals surface area contributed by atoms with Crippen LogP contribution in [-0.4, -0.2) is 21.2 Å². The van der Waals surface area contributed by atoms with Gasteiger partial charge >= 0.3 is 6.18 Å². The van der Waals surface area contributed by atoms with Gasteiger partial charge in [0.1, 0.15) is 5.82 Å². The summed E-state index contributed by atoms with van der Waals surface area (Å²) in [5.41, 5.74) is -0.162. The van der Waals surface area contributed by atoms with Crippen LogP contribution in [0.25, 0.3) is 16.6 Å². The van der Waals surface area contributed by atoms with Crippen molar-refractivity contribution >= 4 is 34.3 Å². The Balaban J connectivity index is 1.65. The van der Waals surface area contributed by atoms with Gasteiger partial charge in [-0.1, -0.05) is 36.4 Å². The summed E-state index contributed by atoms with van der Waals surface area (Å²) >= 11 is 1.21. The van der Waals surface area contributed by atoms with E-state index in [4.69, 9.17) is 0 Å².